The summed E-state index contributed by atoms with van der Waals surface area (Å²) in [7, 11) is -3.60. The lowest BCUT2D eigenvalue weighted by molar-refractivity contribution is 0.372. The predicted octanol–water partition coefficient (Wildman–Crippen LogP) is 0.697. The van der Waals surface area contributed by atoms with Crippen LogP contribution in [-0.2, 0) is 16.4 Å². The van der Waals surface area contributed by atoms with Gasteiger partial charge in [-0.15, -0.1) is 0 Å². The van der Waals surface area contributed by atoms with Crippen molar-refractivity contribution in [1.29, 1.82) is 0 Å². The SMILES string of the molecule is CC(C)C(CN)CNCCc1ccc(S(N)(=O)=O)cc1. The Morgan fingerprint density at radius 3 is 2.25 bits per heavy atom. The third kappa shape index (κ3) is 5.58. The zero-order valence-electron chi connectivity index (χ0n) is 12.2. The zero-order valence-corrected chi connectivity index (χ0v) is 13.0. The maximum atomic E-state index is 11.1. The lowest BCUT2D eigenvalue weighted by atomic mass is 9.96. The molecule has 0 bridgehead atoms. The molecule has 0 radical (unpaired) electrons. The largest absolute Gasteiger partial charge is 0.330 e. The molecule has 0 heterocycles. The summed E-state index contributed by atoms with van der Waals surface area (Å²) in [6, 6.07) is 6.68. The van der Waals surface area contributed by atoms with E-state index in [9.17, 15) is 8.42 Å². The van der Waals surface area contributed by atoms with Crippen molar-refractivity contribution in [2.75, 3.05) is 19.6 Å². The molecular formula is C14H25N3O2S. The number of hydrogen-bond acceptors (Lipinski definition) is 4. The van der Waals surface area contributed by atoms with Gasteiger partial charge in [0.2, 0.25) is 10.0 Å². The zero-order chi connectivity index (χ0) is 15.2. The topological polar surface area (TPSA) is 98.2 Å². The van der Waals surface area contributed by atoms with Gasteiger partial charge in [0.25, 0.3) is 0 Å². The van der Waals surface area contributed by atoms with Gasteiger partial charge in [0, 0.05) is 0 Å². The monoisotopic (exact) mass is 299 g/mol. The molecule has 1 unspecified atom stereocenters. The van der Waals surface area contributed by atoms with Gasteiger partial charge in [0.1, 0.15) is 0 Å². The van der Waals surface area contributed by atoms with Gasteiger partial charge in [-0.05, 0) is 55.6 Å². The van der Waals surface area contributed by atoms with Gasteiger partial charge in [0.15, 0.2) is 0 Å². The van der Waals surface area contributed by atoms with Gasteiger partial charge in [-0.1, -0.05) is 26.0 Å². The Hall–Kier alpha value is -0.950. The fraction of sp³-hybridized carbons (Fsp3) is 0.571. The van der Waals surface area contributed by atoms with Crippen LogP contribution >= 0.6 is 0 Å². The molecule has 5 nitrogen and oxygen atoms in total. The summed E-state index contributed by atoms with van der Waals surface area (Å²) >= 11 is 0. The highest BCUT2D eigenvalue weighted by molar-refractivity contribution is 7.89. The van der Waals surface area contributed by atoms with Gasteiger partial charge in [-0.3, -0.25) is 0 Å². The highest BCUT2D eigenvalue weighted by atomic mass is 32.2. The van der Waals surface area contributed by atoms with Crippen LogP contribution in [0.2, 0.25) is 0 Å². The minimum Gasteiger partial charge on any atom is -0.330 e. The van der Waals surface area contributed by atoms with Crippen LogP contribution in [0.4, 0.5) is 0 Å². The van der Waals surface area contributed by atoms with E-state index in [0.29, 0.717) is 18.4 Å². The summed E-state index contributed by atoms with van der Waals surface area (Å²) in [6.07, 6.45) is 0.848. The summed E-state index contributed by atoms with van der Waals surface area (Å²) in [5.74, 6) is 1.06. The lowest BCUT2D eigenvalue weighted by Crippen LogP contribution is -2.32. The molecule has 6 heteroatoms. The van der Waals surface area contributed by atoms with E-state index >= 15 is 0 Å². The van der Waals surface area contributed by atoms with Crippen LogP contribution in [0.25, 0.3) is 0 Å². The van der Waals surface area contributed by atoms with E-state index in [1.54, 1.807) is 24.3 Å². The van der Waals surface area contributed by atoms with E-state index in [1.165, 1.54) is 0 Å². The Kier molecular flexibility index (Phi) is 6.61. The van der Waals surface area contributed by atoms with Gasteiger partial charge in [0.05, 0.1) is 4.90 Å². The van der Waals surface area contributed by atoms with E-state index in [1.807, 2.05) is 0 Å². The van der Waals surface area contributed by atoms with E-state index in [0.717, 1.165) is 25.1 Å². The molecule has 0 aliphatic rings. The number of sulfonamides is 1. The Morgan fingerprint density at radius 1 is 1.20 bits per heavy atom. The first-order valence-corrected chi connectivity index (χ1v) is 8.41. The normalized spacial score (nSPS) is 13.7. The van der Waals surface area contributed by atoms with Gasteiger partial charge >= 0.3 is 0 Å². The molecule has 0 aliphatic carbocycles. The average molecular weight is 299 g/mol. The molecule has 1 rings (SSSR count). The summed E-state index contributed by atoms with van der Waals surface area (Å²) in [6.45, 7) is 6.78. The van der Waals surface area contributed by atoms with Crippen molar-refractivity contribution in [3.05, 3.63) is 29.8 Å². The summed E-state index contributed by atoms with van der Waals surface area (Å²) < 4.78 is 22.3. The minimum atomic E-state index is -3.60. The molecular weight excluding hydrogens is 274 g/mol. The fourth-order valence-electron chi connectivity index (χ4n) is 1.96. The molecule has 0 aromatic heterocycles. The van der Waals surface area contributed by atoms with Gasteiger partial charge in [-0.25, -0.2) is 13.6 Å². The second-order valence-electron chi connectivity index (χ2n) is 5.38. The van der Waals surface area contributed by atoms with E-state index in [-0.39, 0.29) is 4.90 Å². The van der Waals surface area contributed by atoms with Crippen molar-refractivity contribution >= 4 is 10.0 Å². The lowest BCUT2D eigenvalue weighted by Gasteiger charge is -2.19. The third-order valence-corrected chi connectivity index (χ3v) is 4.42. The molecule has 0 aliphatic heterocycles. The number of benzene rings is 1. The second kappa shape index (κ2) is 7.73. The molecule has 0 saturated carbocycles. The minimum absolute atomic E-state index is 0.150. The highest BCUT2D eigenvalue weighted by Crippen LogP contribution is 2.10. The summed E-state index contributed by atoms with van der Waals surface area (Å²) in [5, 5.41) is 8.44. The van der Waals surface area contributed by atoms with Gasteiger partial charge in [-0.2, -0.15) is 0 Å². The summed E-state index contributed by atoms with van der Waals surface area (Å²) in [5.41, 5.74) is 6.80. The van der Waals surface area contributed by atoms with E-state index in [2.05, 4.69) is 19.2 Å². The first kappa shape index (κ1) is 17.1. The summed E-state index contributed by atoms with van der Waals surface area (Å²) in [4.78, 5) is 0.150. The van der Waals surface area contributed by atoms with Crippen molar-refractivity contribution in [2.24, 2.45) is 22.7 Å². The first-order chi connectivity index (χ1) is 9.34. The first-order valence-electron chi connectivity index (χ1n) is 6.87. The number of nitrogens with two attached hydrogens (primary N) is 2. The molecule has 0 amide bonds. The van der Waals surface area contributed by atoms with Crippen LogP contribution in [-0.4, -0.2) is 28.1 Å². The Bertz CT molecular complexity index is 498. The number of primary sulfonamides is 1. The van der Waals surface area contributed by atoms with E-state index < -0.39 is 10.0 Å². The molecule has 1 aromatic carbocycles. The van der Waals surface area contributed by atoms with Crippen molar-refractivity contribution in [3.63, 3.8) is 0 Å². The standard InChI is InChI=1S/C14H25N3O2S/c1-11(2)13(9-15)10-17-8-7-12-3-5-14(6-4-12)20(16,18)19/h3-6,11,13,17H,7-10,15H2,1-2H3,(H2,16,18,19). The van der Waals surface area contributed by atoms with Crippen molar-refractivity contribution in [1.82, 2.24) is 5.32 Å². The van der Waals surface area contributed by atoms with Gasteiger partial charge < -0.3 is 11.1 Å². The Balaban J connectivity index is 2.40. The maximum Gasteiger partial charge on any atom is 0.238 e. The Morgan fingerprint density at radius 2 is 1.80 bits per heavy atom. The average Bonchev–Trinajstić information content (AvgIpc) is 2.38. The highest BCUT2D eigenvalue weighted by Gasteiger charge is 2.10. The number of hydrogen-bond donors (Lipinski definition) is 3. The molecule has 0 spiro atoms. The van der Waals surface area contributed by atoms with Crippen molar-refractivity contribution in [2.45, 2.75) is 25.2 Å². The molecule has 1 atom stereocenters. The maximum absolute atomic E-state index is 11.1. The fourth-order valence-corrected chi connectivity index (χ4v) is 2.47. The van der Waals surface area contributed by atoms with Crippen molar-refractivity contribution in [3.8, 4) is 0 Å². The predicted molar refractivity (Wildman–Crippen MR) is 81.8 cm³/mol. The van der Waals surface area contributed by atoms with Crippen LogP contribution in [0.3, 0.4) is 0 Å². The number of nitrogens with one attached hydrogen (secondary N) is 1. The van der Waals surface area contributed by atoms with Crippen LogP contribution in [0, 0.1) is 11.8 Å². The molecule has 0 fully saturated rings. The third-order valence-electron chi connectivity index (χ3n) is 3.49. The smallest absolute Gasteiger partial charge is 0.238 e. The molecule has 20 heavy (non-hydrogen) atoms. The van der Waals surface area contributed by atoms with E-state index in [4.69, 9.17) is 10.9 Å². The Labute approximate surface area is 121 Å². The second-order valence-corrected chi connectivity index (χ2v) is 6.94. The number of rotatable bonds is 8. The van der Waals surface area contributed by atoms with Crippen LogP contribution in [0.5, 0.6) is 0 Å². The van der Waals surface area contributed by atoms with Crippen LogP contribution < -0.4 is 16.2 Å². The van der Waals surface area contributed by atoms with Crippen molar-refractivity contribution < 1.29 is 8.42 Å². The molecule has 0 saturated heterocycles. The molecule has 114 valence electrons. The quantitative estimate of drug-likeness (QED) is 0.615. The molecule has 1 aromatic rings. The van der Waals surface area contributed by atoms with Crippen LogP contribution in [0.15, 0.2) is 29.2 Å². The molecule has 5 N–H and O–H groups in total. The van der Waals surface area contributed by atoms with Crippen LogP contribution in [0.1, 0.15) is 19.4 Å².